The molecule has 4 rings (SSSR count). The smallest absolute Gasteiger partial charge is 0.258 e. The number of anilines is 1. The van der Waals surface area contributed by atoms with Gasteiger partial charge < -0.3 is 14.8 Å². The van der Waals surface area contributed by atoms with Gasteiger partial charge in [-0.05, 0) is 35.7 Å². The third-order valence-electron chi connectivity index (χ3n) is 5.34. The first kappa shape index (κ1) is 19.6. The normalized spacial score (nSPS) is 15.1. The minimum atomic E-state index is -0.617. The number of carbonyl (C=O) groups is 1. The molecule has 0 radical (unpaired) electrons. The van der Waals surface area contributed by atoms with Gasteiger partial charge in [0.2, 0.25) is 5.91 Å². The van der Waals surface area contributed by atoms with E-state index in [1.807, 2.05) is 36.4 Å². The van der Waals surface area contributed by atoms with Crippen LogP contribution in [-0.4, -0.2) is 28.5 Å². The Labute approximate surface area is 178 Å². The summed E-state index contributed by atoms with van der Waals surface area (Å²) in [4.78, 5) is 26.2. The van der Waals surface area contributed by atoms with E-state index in [-0.39, 0.29) is 11.5 Å². The van der Waals surface area contributed by atoms with Crippen molar-refractivity contribution in [1.82, 2.24) is 9.47 Å². The highest BCUT2D eigenvalue weighted by atomic mass is 35.5. The number of likely N-dealkylation sites (tertiary alicyclic amines) is 1. The summed E-state index contributed by atoms with van der Waals surface area (Å²) in [6.45, 7) is 4.37. The van der Waals surface area contributed by atoms with Crippen LogP contribution in [0.4, 0.5) is 5.69 Å². The second-order valence-corrected chi connectivity index (χ2v) is 8.03. The van der Waals surface area contributed by atoms with Crippen LogP contribution in [-0.2, 0) is 17.4 Å². The topological polar surface area (TPSA) is 54.3 Å². The van der Waals surface area contributed by atoms with Crippen molar-refractivity contribution in [2.24, 2.45) is 7.05 Å². The van der Waals surface area contributed by atoms with Crippen LogP contribution in [0.5, 0.6) is 0 Å². The van der Waals surface area contributed by atoms with Crippen molar-refractivity contribution in [3.8, 4) is 0 Å². The molecule has 0 bridgehead atoms. The van der Waals surface area contributed by atoms with Gasteiger partial charge in [0.15, 0.2) is 0 Å². The molecular formula is C22H19Cl2N3O2. The summed E-state index contributed by atoms with van der Waals surface area (Å²) in [6, 6.07) is 13.0. The molecule has 1 saturated heterocycles. The first-order valence-corrected chi connectivity index (χ1v) is 9.84. The number of nitrogens with zero attached hydrogens (tertiary/aromatic N) is 2. The van der Waals surface area contributed by atoms with Crippen molar-refractivity contribution in [2.45, 2.75) is 5.54 Å². The van der Waals surface area contributed by atoms with Crippen molar-refractivity contribution in [2.75, 3.05) is 18.4 Å². The number of amides is 1. The number of hydrogen-bond acceptors (Lipinski definition) is 3. The Bertz CT molecular complexity index is 1200. The number of aromatic nitrogens is 1. The van der Waals surface area contributed by atoms with Crippen molar-refractivity contribution in [1.29, 1.82) is 0 Å². The van der Waals surface area contributed by atoms with E-state index < -0.39 is 5.54 Å². The molecule has 0 spiro atoms. The number of aryl methyl sites for hydroxylation is 1. The van der Waals surface area contributed by atoms with Crippen LogP contribution < -0.4 is 10.9 Å². The summed E-state index contributed by atoms with van der Waals surface area (Å²) in [5.74, 6) is -0.145. The highest BCUT2D eigenvalue weighted by Gasteiger charge is 2.47. The lowest BCUT2D eigenvalue weighted by atomic mass is 9.81. The molecule has 29 heavy (non-hydrogen) atoms. The van der Waals surface area contributed by atoms with Gasteiger partial charge in [-0.1, -0.05) is 48.0 Å². The molecule has 0 saturated carbocycles. The SMILES string of the molecule is C=CC(=O)N1CC(Nc2ccc3ccn(C)c(=O)c3c2)(c2cccc(Cl)c2Cl)C1. The Morgan fingerprint density at radius 1 is 1.21 bits per heavy atom. The molecule has 7 heteroatoms. The molecule has 0 atom stereocenters. The Kier molecular flexibility index (Phi) is 4.89. The van der Waals surface area contributed by atoms with Crippen LogP contribution in [0.2, 0.25) is 10.0 Å². The molecule has 0 aliphatic carbocycles. The summed E-state index contributed by atoms with van der Waals surface area (Å²) >= 11 is 12.8. The lowest BCUT2D eigenvalue weighted by Crippen LogP contribution is -2.64. The zero-order valence-corrected chi connectivity index (χ0v) is 17.3. The Morgan fingerprint density at radius 2 is 1.97 bits per heavy atom. The fourth-order valence-electron chi connectivity index (χ4n) is 3.77. The van der Waals surface area contributed by atoms with Crippen LogP contribution in [0.3, 0.4) is 0 Å². The number of nitrogens with one attached hydrogen (secondary N) is 1. The molecule has 148 valence electrons. The van der Waals surface area contributed by atoms with Gasteiger partial charge in [-0.25, -0.2) is 0 Å². The van der Waals surface area contributed by atoms with E-state index in [0.717, 1.165) is 16.6 Å². The lowest BCUT2D eigenvalue weighted by molar-refractivity contribution is -0.132. The molecule has 2 aromatic carbocycles. The second-order valence-electron chi connectivity index (χ2n) is 7.24. The van der Waals surface area contributed by atoms with Gasteiger partial charge in [-0.15, -0.1) is 0 Å². The largest absolute Gasteiger partial charge is 0.372 e. The van der Waals surface area contributed by atoms with Crippen LogP contribution in [0.1, 0.15) is 5.56 Å². The molecule has 1 aromatic heterocycles. The maximum absolute atomic E-state index is 12.5. The standard InChI is InChI=1S/C22H19Cl2N3O2/c1-3-19(28)27-12-22(13-27,17-5-4-6-18(23)20(17)24)25-15-8-7-14-9-10-26(2)21(29)16(14)11-15/h3-11,25H,1,12-13H2,2H3. The molecule has 1 N–H and O–H groups in total. The van der Waals surface area contributed by atoms with E-state index >= 15 is 0 Å². The quantitative estimate of drug-likeness (QED) is 0.635. The molecule has 2 heterocycles. The van der Waals surface area contributed by atoms with Crippen molar-refractivity contribution >= 4 is 45.6 Å². The van der Waals surface area contributed by atoms with E-state index in [2.05, 4.69) is 11.9 Å². The third-order valence-corrected chi connectivity index (χ3v) is 6.16. The van der Waals surface area contributed by atoms with Gasteiger partial charge in [-0.3, -0.25) is 9.59 Å². The summed E-state index contributed by atoms with van der Waals surface area (Å²) in [5, 5.41) is 5.89. The fraction of sp³-hybridized carbons (Fsp3) is 0.182. The van der Waals surface area contributed by atoms with Crippen LogP contribution in [0, 0.1) is 0 Å². The van der Waals surface area contributed by atoms with Gasteiger partial charge in [0.05, 0.1) is 28.7 Å². The zero-order valence-electron chi connectivity index (χ0n) is 15.8. The number of pyridine rings is 1. The molecule has 1 aliphatic rings. The average Bonchev–Trinajstić information content (AvgIpc) is 2.69. The average molecular weight is 428 g/mol. The number of carbonyl (C=O) groups excluding carboxylic acids is 1. The van der Waals surface area contributed by atoms with Crippen LogP contribution in [0.25, 0.3) is 10.8 Å². The minimum absolute atomic E-state index is 0.0712. The van der Waals surface area contributed by atoms with E-state index in [1.54, 1.807) is 28.8 Å². The Balaban J connectivity index is 1.77. The van der Waals surface area contributed by atoms with Gasteiger partial charge >= 0.3 is 0 Å². The lowest BCUT2D eigenvalue weighted by Gasteiger charge is -2.51. The van der Waals surface area contributed by atoms with Gasteiger partial charge in [0.25, 0.3) is 5.56 Å². The molecule has 0 unspecified atom stereocenters. The molecule has 1 aliphatic heterocycles. The molecular weight excluding hydrogens is 409 g/mol. The monoisotopic (exact) mass is 427 g/mol. The third kappa shape index (κ3) is 3.30. The van der Waals surface area contributed by atoms with Crippen molar-refractivity contribution in [3.05, 3.63) is 87.3 Å². The Hall–Kier alpha value is -2.76. The first-order chi connectivity index (χ1) is 13.8. The summed E-state index contributed by atoms with van der Waals surface area (Å²) in [7, 11) is 1.72. The predicted octanol–water partition coefficient (Wildman–Crippen LogP) is 4.18. The van der Waals surface area contributed by atoms with E-state index in [1.165, 1.54) is 6.08 Å². The van der Waals surface area contributed by atoms with Crippen LogP contribution >= 0.6 is 23.2 Å². The number of halogens is 2. The second kappa shape index (κ2) is 7.25. The predicted molar refractivity (Wildman–Crippen MR) is 118 cm³/mol. The zero-order chi connectivity index (χ0) is 20.8. The summed E-state index contributed by atoms with van der Waals surface area (Å²) in [5.41, 5.74) is 0.885. The Morgan fingerprint density at radius 3 is 2.69 bits per heavy atom. The van der Waals surface area contributed by atoms with E-state index in [0.29, 0.717) is 28.5 Å². The van der Waals surface area contributed by atoms with E-state index in [4.69, 9.17) is 23.2 Å². The number of fused-ring (bicyclic) bond motifs is 1. The maximum Gasteiger partial charge on any atom is 0.258 e. The molecule has 5 nitrogen and oxygen atoms in total. The van der Waals surface area contributed by atoms with Gasteiger partial charge in [0.1, 0.15) is 0 Å². The van der Waals surface area contributed by atoms with Crippen molar-refractivity contribution in [3.63, 3.8) is 0 Å². The van der Waals surface area contributed by atoms with E-state index in [9.17, 15) is 9.59 Å². The highest BCUT2D eigenvalue weighted by Crippen LogP contribution is 2.41. The molecule has 3 aromatic rings. The highest BCUT2D eigenvalue weighted by molar-refractivity contribution is 6.42. The number of rotatable bonds is 4. The number of hydrogen-bond donors (Lipinski definition) is 1. The maximum atomic E-state index is 12.5. The van der Waals surface area contributed by atoms with Gasteiger partial charge in [0, 0.05) is 29.9 Å². The first-order valence-electron chi connectivity index (χ1n) is 9.08. The minimum Gasteiger partial charge on any atom is -0.372 e. The van der Waals surface area contributed by atoms with Crippen molar-refractivity contribution < 1.29 is 4.79 Å². The van der Waals surface area contributed by atoms with Crippen LogP contribution in [0.15, 0.2) is 66.1 Å². The summed E-state index contributed by atoms with van der Waals surface area (Å²) in [6.07, 6.45) is 3.04. The number of benzene rings is 2. The molecule has 1 fully saturated rings. The fourth-order valence-corrected chi connectivity index (χ4v) is 4.25. The summed E-state index contributed by atoms with van der Waals surface area (Å²) < 4.78 is 1.55. The van der Waals surface area contributed by atoms with Gasteiger partial charge in [-0.2, -0.15) is 0 Å². The molecule has 1 amide bonds.